The van der Waals surface area contributed by atoms with Crippen LogP contribution in [0.3, 0.4) is 0 Å². The van der Waals surface area contributed by atoms with Crippen molar-refractivity contribution in [2.24, 2.45) is 5.41 Å². The maximum atomic E-state index is 14.8. The molecule has 1 aliphatic heterocycles. The molecule has 5 heteroatoms. The zero-order chi connectivity index (χ0) is 18.7. The van der Waals surface area contributed by atoms with Crippen LogP contribution in [0, 0.1) is 5.41 Å². The van der Waals surface area contributed by atoms with Crippen molar-refractivity contribution in [3.63, 3.8) is 0 Å². The number of rotatable bonds is 3. The molecule has 0 aromatic carbocycles. The Hall–Kier alpha value is -1.78. The Kier molecular flexibility index (Phi) is 5.96. The Balaban J connectivity index is 2.01. The number of piperidine rings is 1. The maximum absolute atomic E-state index is 14.8. The van der Waals surface area contributed by atoms with Gasteiger partial charge in [-0.1, -0.05) is 12.7 Å². The van der Waals surface area contributed by atoms with Crippen molar-refractivity contribution in [1.29, 1.82) is 0 Å². The number of carbonyl (C=O) groups excluding carboxylic acids is 1. The second-order valence-electron chi connectivity index (χ2n) is 8.09. The molecule has 2 aliphatic rings. The van der Waals surface area contributed by atoms with Gasteiger partial charge in [0, 0.05) is 37.8 Å². The van der Waals surface area contributed by atoms with E-state index in [1.807, 2.05) is 26.8 Å². The molecule has 4 nitrogen and oxygen atoms in total. The fourth-order valence-electron chi connectivity index (χ4n) is 3.70. The van der Waals surface area contributed by atoms with Gasteiger partial charge in [-0.25, -0.2) is 9.18 Å². The first-order valence-electron chi connectivity index (χ1n) is 9.06. The first kappa shape index (κ1) is 19.5. The Morgan fingerprint density at radius 3 is 2.44 bits per heavy atom. The molecule has 0 aromatic heterocycles. The standard InChI is InChI=1S/C20H31FN2O2/c1-6-7-17(22-5)15-8-9-20(14-16(15)21)10-12-23(13-11-20)18(24)25-19(2,3)4/h6-7,22H,1,8-14H2,2-5H3/b17-7+. The van der Waals surface area contributed by atoms with Crippen molar-refractivity contribution in [3.8, 4) is 0 Å². The first-order valence-corrected chi connectivity index (χ1v) is 9.06. The summed E-state index contributed by atoms with van der Waals surface area (Å²) in [4.78, 5) is 14.0. The number of likely N-dealkylation sites (tertiary alicyclic amines) is 1. The van der Waals surface area contributed by atoms with Gasteiger partial charge in [0.15, 0.2) is 0 Å². The summed E-state index contributed by atoms with van der Waals surface area (Å²) >= 11 is 0. The Bertz CT molecular complexity index is 579. The number of allylic oxidation sites excluding steroid dienone is 4. The van der Waals surface area contributed by atoms with Gasteiger partial charge in [-0.2, -0.15) is 0 Å². The summed E-state index contributed by atoms with van der Waals surface area (Å²) in [6, 6.07) is 0. The molecular weight excluding hydrogens is 319 g/mol. The van der Waals surface area contributed by atoms with Crippen LogP contribution >= 0.6 is 0 Å². The van der Waals surface area contributed by atoms with Gasteiger partial charge in [0.1, 0.15) is 11.4 Å². The topological polar surface area (TPSA) is 41.6 Å². The van der Waals surface area contributed by atoms with E-state index in [0.717, 1.165) is 37.0 Å². The summed E-state index contributed by atoms with van der Waals surface area (Å²) in [5.41, 5.74) is 1.07. The third kappa shape index (κ3) is 4.86. The van der Waals surface area contributed by atoms with Crippen molar-refractivity contribution in [3.05, 3.63) is 35.8 Å². The van der Waals surface area contributed by atoms with E-state index in [0.29, 0.717) is 19.5 Å². The lowest BCUT2D eigenvalue weighted by Gasteiger charge is -2.44. The highest BCUT2D eigenvalue weighted by Gasteiger charge is 2.40. The SMILES string of the molecule is C=C/C=C(/NC)C1=C(F)CC2(CC1)CCN(C(=O)OC(C)(C)C)CC2. The predicted octanol–water partition coefficient (Wildman–Crippen LogP) is 4.70. The number of halogens is 1. The average Bonchev–Trinajstić information content (AvgIpc) is 2.52. The minimum Gasteiger partial charge on any atom is -0.444 e. The molecular formula is C20H31FN2O2. The molecule has 25 heavy (non-hydrogen) atoms. The minimum absolute atomic E-state index is 0.0283. The Morgan fingerprint density at radius 2 is 1.96 bits per heavy atom. The summed E-state index contributed by atoms with van der Waals surface area (Å²) in [6.07, 6.45) is 7.02. The van der Waals surface area contributed by atoms with E-state index in [1.54, 1.807) is 18.0 Å². The van der Waals surface area contributed by atoms with Crippen molar-refractivity contribution in [2.45, 2.75) is 58.5 Å². The van der Waals surface area contributed by atoms with Gasteiger partial charge in [0.2, 0.25) is 0 Å². The molecule has 0 unspecified atom stereocenters. The maximum Gasteiger partial charge on any atom is 0.410 e. The predicted molar refractivity (Wildman–Crippen MR) is 98.8 cm³/mol. The zero-order valence-electron chi connectivity index (χ0n) is 16.0. The summed E-state index contributed by atoms with van der Waals surface area (Å²) in [7, 11) is 1.80. The van der Waals surface area contributed by atoms with Gasteiger partial charge in [-0.15, -0.1) is 0 Å². The van der Waals surface area contributed by atoms with E-state index in [-0.39, 0.29) is 17.3 Å². The van der Waals surface area contributed by atoms with Crippen LogP contribution in [-0.2, 0) is 4.74 Å². The molecule has 1 aliphatic carbocycles. The number of nitrogens with zero attached hydrogens (tertiary/aromatic N) is 1. The number of hydrogen-bond donors (Lipinski definition) is 1. The highest BCUT2D eigenvalue weighted by molar-refractivity contribution is 5.68. The molecule has 1 spiro atoms. The van der Waals surface area contributed by atoms with Crippen LogP contribution < -0.4 is 5.32 Å². The number of amides is 1. The molecule has 1 N–H and O–H groups in total. The lowest BCUT2D eigenvalue weighted by Crippen LogP contribution is -2.46. The van der Waals surface area contributed by atoms with Crippen LogP contribution in [0.4, 0.5) is 9.18 Å². The summed E-state index contributed by atoms with van der Waals surface area (Å²) in [5.74, 6) is -0.0283. The zero-order valence-corrected chi connectivity index (χ0v) is 16.0. The first-order chi connectivity index (χ1) is 11.7. The molecule has 1 saturated heterocycles. The van der Waals surface area contributed by atoms with Crippen molar-refractivity contribution in [1.82, 2.24) is 10.2 Å². The van der Waals surface area contributed by atoms with E-state index in [4.69, 9.17) is 4.74 Å². The van der Waals surface area contributed by atoms with E-state index in [2.05, 4.69) is 11.9 Å². The summed E-state index contributed by atoms with van der Waals surface area (Å²) in [6.45, 7) is 10.6. The molecule has 0 atom stereocenters. The van der Waals surface area contributed by atoms with Crippen LogP contribution in [0.1, 0.15) is 52.9 Å². The fourth-order valence-corrected chi connectivity index (χ4v) is 3.70. The van der Waals surface area contributed by atoms with Crippen LogP contribution in [-0.4, -0.2) is 36.7 Å². The van der Waals surface area contributed by atoms with Crippen molar-refractivity contribution < 1.29 is 13.9 Å². The molecule has 1 heterocycles. The van der Waals surface area contributed by atoms with Gasteiger partial charge in [-0.05, 0) is 57.9 Å². The number of ether oxygens (including phenoxy) is 1. The highest BCUT2D eigenvalue weighted by Crippen LogP contribution is 2.48. The molecule has 140 valence electrons. The third-order valence-corrected chi connectivity index (χ3v) is 5.12. The molecule has 1 fully saturated rings. The molecule has 2 rings (SSSR count). The lowest BCUT2D eigenvalue weighted by atomic mass is 9.68. The van der Waals surface area contributed by atoms with E-state index in [9.17, 15) is 9.18 Å². The van der Waals surface area contributed by atoms with Gasteiger partial charge < -0.3 is 15.0 Å². The normalized spacial score (nSPS) is 21.3. The summed E-state index contributed by atoms with van der Waals surface area (Å²) in [5, 5.41) is 3.06. The second-order valence-corrected chi connectivity index (χ2v) is 8.09. The minimum atomic E-state index is -0.484. The molecule has 0 aromatic rings. The average molecular weight is 350 g/mol. The van der Waals surface area contributed by atoms with Crippen molar-refractivity contribution >= 4 is 6.09 Å². The number of nitrogens with one attached hydrogen (secondary N) is 1. The fraction of sp³-hybridized carbons (Fsp3) is 0.650. The number of hydrogen-bond acceptors (Lipinski definition) is 3. The largest absolute Gasteiger partial charge is 0.444 e. The number of likely N-dealkylation sites (N-methyl/N-ethyl adjacent to an activating group) is 1. The van der Waals surface area contributed by atoms with Gasteiger partial charge in [-0.3, -0.25) is 0 Å². The van der Waals surface area contributed by atoms with E-state index in [1.165, 1.54) is 0 Å². The van der Waals surface area contributed by atoms with E-state index < -0.39 is 5.60 Å². The summed E-state index contributed by atoms with van der Waals surface area (Å²) < 4.78 is 20.2. The Morgan fingerprint density at radius 1 is 1.32 bits per heavy atom. The third-order valence-electron chi connectivity index (χ3n) is 5.12. The van der Waals surface area contributed by atoms with E-state index >= 15 is 0 Å². The van der Waals surface area contributed by atoms with Crippen LogP contribution in [0.25, 0.3) is 0 Å². The number of carbonyl (C=O) groups is 1. The highest BCUT2D eigenvalue weighted by atomic mass is 19.1. The molecule has 0 bridgehead atoms. The quantitative estimate of drug-likeness (QED) is 0.750. The van der Waals surface area contributed by atoms with Gasteiger partial charge >= 0.3 is 6.09 Å². The second kappa shape index (κ2) is 7.63. The Labute approximate surface area is 150 Å². The van der Waals surface area contributed by atoms with Crippen LogP contribution in [0.15, 0.2) is 35.8 Å². The van der Waals surface area contributed by atoms with Gasteiger partial charge in [0.25, 0.3) is 0 Å². The molecule has 1 amide bonds. The van der Waals surface area contributed by atoms with Crippen molar-refractivity contribution in [2.75, 3.05) is 20.1 Å². The van der Waals surface area contributed by atoms with Crippen LogP contribution in [0.2, 0.25) is 0 Å². The lowest BCUT2D eigenvalue weighted by molar-refractivity contribution is 0.00740. The molecule has 0 radical (unpaired) electrons. The van der Waals surface area contributed by atoms with Gasteiger partial charge in [0.05, 0.1) is 0 Å². The monoisotopic (exact) mass is 350 g/mol. The molecule has 0 saturated carbocycles. The van der Waals surface area contributed by atoms with Crippen LogP contribution in [0.5, 0.6) is 0 Å². The smallest absolute Gasteiger partial charge is 0.410 e.